The van der Waals surface area contributed by atoms with Crippen molar-refractivity contribution in [2.75, 3.05) is 6.54 Å². The van der Waals surface area contributed by atoms with Crippen LogP contribution >= 0.6 is 0 Å². The number of carbonyl (C=O) groups is 3. The predicted molar refractivity (Wildman–Crippen MR) is 167 cm³/mol. The fourth-order valence-corrected chi connectivity index (χ4v) is 7.19. The van der Waals surface area contributed by atoms with Gasteiger partial charge < -0.3 is 14.7 Å². The number of carbonyl (C=O) groups excluding carboxylic acids is 2. The van der Waals surface area contributed by atoms with Crippen molar-refractivity contribution in [2.24, 2.45) is 10.8 Å². The molecule has 0 amide bonds. The predicted octanol–water partition coefficient (Wildman–Crippen LogP) is 7.58. The molecule has 222 valence electrons. The molecule has 0 spiro atoms. The molecule has 6 rings (SSSR count). The van der Waals surface area contributed by atoms with E-state index in [1.807, 2.05) is 47.4 Å². The minimum Gasteiger partial charge on any atom is -0.489 e. The maximum Gasteiger partial charge on any atom is 0.305 e. The van der Waals surface area contributed by atoms with Crippen molar-refractivity contribution in [3.8, 4) is 5.75 Å². The smallest absolute Gasteiger partial charge is 0.305 e. The van der Waals surface area contributed by atoms with Gasteiger partial charge in [0, 0.05) is 47.8 Å². The van der Waals surface area contributed by atoms with E-state index in [9.17, 15) is 19.5 Å². The number of hydrogen-bond acceptors (Lipinski definition) is 5. The van der Waals surface area contributed by atoms with E-state index in [-0.39, 0.29) is 35.4 Å². The minimum atomic E-state index is -0.895. The highest BCUT2D eigenvalue weighted by atomic mass is 16.5. The summed E-state index contributed by atoms with van der Waals surface area (Å²) in [6, 6.07) is 22.2. The summed E-state index contributed by atoms with van der Waals surface area (Å²) < 4.78 is 6.20. The molecule has 2 aliphatic carbocycles. The van der Waals surface area contributed by atoms with Gasteiger partial charge in [-0.1, -0.05) is 82.3 Å². The van der Waals surface area contributed by atoms with Crippen molar-refractivity contribution >= 4 is 28.3 Å². The third-order valence-electron chi connectivity index (χ3n) is 9.06. The Morgan fingerprint density at radius 2 is 1.40 bits per heavy atom. The van der Waals surface area contributed by atoms with Gasteiger partial charge in [-0.2, -0.15) is 0 Å². The summed E-state index contributed by atoms with van der Waals surface area (Å²) in [6.45, 7) is 9.01. The van der Waals surface area contributed by atoms with Crippen LogP contribution in [0.25, 0.3) is 10.8 Å². The van der Waals surface area contributed by atoms with Gasteiger partial charge in [0.2, 0.25) is 0 Å². The average Bonchev–Trinajstić information content (AvgIpc) is 2.93. The molecule has 3 aromatic rings. The molecule has 3 aliphatic rings. The van der Waals surface area contributed by atoms with Crippen LogP contribution in [0.3, 0.4) is 0 Å². The number of allylic oxidation sites excluding steroid dienone is 4. The number of ketones is 2. The van der Waals surface area contributed by atoms with Crippen LogP contribution in [0.1, 0.15) is 76.8 Å². The fourth-order valence-electron chi connectivity index (χ4n) is 7.19. The molecular weight excluding hydrogens is 538 g/mol. The highest BCUT2D eigenvalue weighted by molar-refractivity contribution is 6.06. The van der Waals surface area contributed by atoms with Crippen LogP contribution < -0.4 is 4.74 Å². The number of carboxylic acid groups (broad SMARTS) is 1. The Morgan fingerprint density at radius 3 is 2.00 bits per heavy atom. The van der Waals surface area contributed by atoms with Gasteiger partial charge in [0.1, 0.15) is 12.4 Å². The minimum absolute atomic E-state index is 0.0389. The largest absolute Gasteiger partial charge is 0.489 e. The third kappa shape index (κ3) is 5.63. The van der Waals surface area contributed by atoms with Gasteiger partial charge in [-0.15, -0.1) is 0 Å². The lowest BCUT2D eigenvalue weighted by atomic mass is 9.63. The Labute approximate surface area is 253 Å². The first kappa shape index (κ1) is 28.9. The van der Waals surface area contributed by atoms with Gasteiger partial charge in [0.05, 0.1) is 6.42 Å². The topological polar surface area (TPSA) is 83.9 Å². The van der Waals surface area contributed by atoms with E-state index in [1.165, 1.54) is 5.39 Å². The summed E-state index contributed by atoms with van der Waals surface area (Å²) in [5.74, 6) is -0.570. The molecule has 0 radical (unpaired) electrons. The summed E-state index contributed by atoms with van der Waals surface area (Å²) in [7, 11) is 0. The molecule has 43 heavy (non-hydrogen) atoms. The normalized spacial score (nSPS) is 19.9. The lowest BCUT2D eigenvalue weighted by Gasteiger charge is -2.49. The second kappa shape index (κ2) is 10.8. The highest BCUT2D eigenvalue weighted by Crippen LogP contribution is 2.54. The van der Waals surface area contributed by atoms with Gasteiger partial charge in [-0.3, -0.25) is 14.4 Å². The highest BCUT2D eigenvalue weighted by Gasteiger charge is 2.48. The molecule has 0 saturated carbocycles. The Balaban J connectivity index is 1.38. The lowest BCUT2D eigenvalue weighted by Crippen LogP contribution is -2.45. The number of benzene rings is 3. The average molecular weight is 578 g/mol. The van der Waals surface area contributed by atoms with Crippen molar-refractivity contribution in [2.45, 2.75) is 72.3 Å². The molecule has 0 aromatic heterocycles. The first-order chi connectivity index (χ1) is 20.4. The van der Waals surface area contributed by atoms with E-state index >= 15 is 0 Å². The number of hydrogen-bond donors (Lipinski definition) is 1. The molecule has 0 saturated heterocycles. The van der Waals surface area contributed by atoms with E-state index in [0.29, 0.717) is 49.2 Å². The maximum atomic E-state index is 13.9. The molecule has 1 heterocycles. The second-order valence-electron chi connectivity index (χ2n) is 13.8. The van der Waals surface area contributed by atoms with Crippen LogP contribution in [0.2, 0.25) is 0 Å². The number of carboxylic acids is 1. The van der Waals surface area contributed by atoms with E-state index in [0.717, 1.165) is 27.9 Å². The molecule has 6 nitrogen and oxygen atoms in total. The third-order valence-corrected chi connectivity index (χ3v) is 9.06. The SMILES string of the molecule is CC1(C)CC(=O)C2=C(C1)N(CCC(=O)O)C1=C(C(=O)CC(C)(C)C1)C2c1ccc(OCc2cccc3ccccc23)cc1. The molecule has 0 bridgehead atoms. The fraction of sp³-hybridized carbons (Fsp3) is 0.378. The Morgan fingerprint density at radius 1 is 0.814 bits per heavy atom. The first-order valence-electron chi connectivity index (χ1n) is 15.1. The monoisotopic (exact) mass is 577 g/mol. The van der Waals surface area contributed by atoms with E-state index < -0.39 is 11.9 Å². The van der Waals surface area contributed by atoms with Crippen LogP contribution in [0.5, 0.6) is 5.75 Å². The molecule has 0 fully saturated rings. The summed E-state index contributed by atoms with van der Waals surface area (Å²) in [5, 5.41) is 11.9. The molecular formula is C37H39NO5. The zero-order chi connectivity index (χ0) is 30.5. The van der Waals surface area contributed by atoms with Crippen LogP contribution in [0.15, 0.2) is 89.3 Å². The summed E-state index contributed by atoms with van der Waals surface area (Å²) in [6.07, 6.45) is 2.03. The number of Topliss-reactive ketones (excluding diaryl/α,β-unsaturated/α-hetero) is 2. The summed E-state index contributed by atoms with van der Waals surface area (Å²) in [5.41, 5.74) is 4.55. The summed E-state index contributed by atoms with van der Waals surface area (Å²) >= 11 is 0. The van der Waals surface area contributed by atoms with E-state index in [4.69, 9.17) is 4.74 Å². The zero-order valence-electron chi connectivity index (χ0n) is 25.4. The number of aliphatic carboxylic acids is 1. The lowest BCUT2D eigenvalue weighted by molar-refractivity contribution is -0.137. The van der Waals surface area contributed by atoms with Gasteiger partial charge >= 0.3 is 5.97 Å². The summed E-state index contributed by atoms with van der Waals surface area (Å²) in [4.78, 5) is 41.5. The van der Waals surface area contributed by atoms with Gasteiger partial charge in [0.15, 0.2) is 11.6 Å². The zero-order valence-corrected chi connectivity index (χ0v) is 25.4. The molecule has 1 aliphatic heterocycles. The number of nitrogens with zero attached hydrogens (tertiary/aromatic N) is 1. The van der Waals surface area contributed by atoms with Crippen LogP contribution in [-0.2, 0) is 21.0 Å². The Kier molecular flexibility index (Phi) is 7.27. The van der Waals surface area contributed by atoms with Gasteiger partial charge in [-0.05, 0) is 57.7 Å². The molecule has 1 N–H and O–H groups in total. The standard InChI is InChI=1S/C37H39NO5/c1-36(2)18-28-34(30(39)20-36)33(35-29(38(28)17-16-32(41)42)19-37(3,4)21-31(35)40)24-12-14-26(15-13-24)43-22-25-10-7-9-23-8-5-6-11-27(23)25/h5-15,33H,16-22H2,1-4H3,(H,41,42). The second-order valence-corrected chi connectivity index (χ2v) is 13.8. The molecule has 3 aromatic carbocycles. The number of ether oxygens (including phenoxy) is 1. The van der Waals surface area contributed by atoms with Crippen LogP contribution in [0, 0.1) is 10.8 Å². The Bertz CT molecular complexity index is 1630. The Hall–Kier alpha value is -4.19. The molecule has 6 heteroatoms. The quantitative estimate of drug-likeness (QED) is 0.312. The van der Waals surface area contributed by atoms with E-state index in [1.54, 1.807) is 0 Å². The maximum absolute atomic E-state index is 13.9. The van der Waals surface area contributed by atoms with Gasteiger partial charge in [-0.25, -0.2) is 0 Å². The van der Waals surface area contributed by atoms with Crippen molar-refractivity contribution in [3.63, 3.8) is 0 Å². The van der Waals surface area contributed by atoms with Crippen LogP contribution in [-0.4, -0.2) is 34.1 Å². The number of rotatable bonds is 7. The van der Waals surface area contributed by atoms with Crippen molar-refractivity contribution in [1.82, 2.24) is 4.90 Å². The molecule has 0 unspecified atom stereocenters. The van der Waals surface area contributed by atoms with Gasteiger partial charge in [0.25, 0.3) is 0 Å². The molecule has 0 atom stereocenters. The first-order valence-corrected chi connectivity index (χ1v) is 15.1. The van der Waals surface area contributed by atoms with E-state index in [2.05, 4.69) is 52.0 Å². The van der Waals surface area contributed by atoms with Crippen molar-refractivity contribution in [1.29, 1.82) is 0 Å². The van der Waals surface area contributed by atoms with Crippen molar-refractivity contribution in [3.05, 3.63) is 100 Å². The number of fused-ring (bicyclic) bond motifs is 1. The van der Waals surface area contributed by atoms with Crippen LogP contribution in [0.4, 0.5) is 0 Å². The van der Waals surface area contributed by atoms with Crippen molar-refractivity contribution < 1.29 is 24.2 Å².